The van der Waals surface area contributed by atoms with Gasteiger partial charge in [-0.25, -0.2) is 4.79 Å². The van der Waals surface area contributed by atoms with Crippen molar-refractivity contribution >= 4 is 17.9 Å². The summed E-state index contributed by atoms with van der Waals surface area (Å²) in [5.74, 6) is -0.344. The molecular weight excluding hydrogens is 434 g/mol. The van der Waals surface area contributed by atoms with E-state index in [0.717, 1.165) is 25.7 Å². The largest absolute Gasteiger partial charge is 0.508 e. The maximum Gasteiger partial charge on any atom is 0.408 e. The van der Waals surface area contributed by atoms with E-state index in [1.165, 1.54) is 12.1 Å². The van der Waals surface area contributed by atoms with Gasteiger partial charge in [0.25, 0.3) is 0 Å². The maximum atomic E-state index is 13.9. The highest BCUT2D eigenvalue weighted by molar-refractivity contribution is 5.92. The lowest BCUT2D eigenvalue weighted by atomic mass is 9.99. The van der Waals surface area contributed by atoms with Gasteiger partial charge in [0.2, 0.25) is 11.8 Å². The van der Waals surface area contributed by atoms with Crippen molar-refractivity contribution in [3.05, 3.63) is 29.8 Å². The summed E-state index contributed by atoms with van der Waals surface area (Å²) in [7, 11) is 0. The molecule has 8 heteroatoms. The fourth-order valence-corrected chi connectivity index (χ4v) is 3.77. The summed E-state index contributed by atoms with van der Waals surface area (Å²) in [5, 5.41) is 15.5. The van der Waals surface area contributed by atoms with Crippen LogP contribution in [0.15, 0.2) is 24.3 Å². The Morgan fingerprint density at radius 2 is 1.76 bits per heavy atom. The molecule has 1 aromatic rings. The highest BCUT2D eigenvalue weighted by atomic mass is 16.6. The predicted molar refractivity (Wildman–Crippen MR) is 131 cm³/mol. The molecule has 1 saturated carbocycles. The van der Waals surface area contributed by atoms with Crippen LogP contribution in [0.25, 0.3) is 0 Å². The van der Waals surface area contributed by atoms with Crippen LogP contribution in [0.2, 0.25) is 0 Å². The van der Waals surface area contributed by atoms with Crippen LogP contribution in [-0.4, -0.2) is 52.1 Å². The van der Waals surface area contributed by atoms with Crippen LogP contribution in [0.4, 0.5) is 4.79 Å². The minimum Gasteiger partial charge on any atom is -0.508 e. The molecule has 3 amide bonds. The van der Waals surface area contributed by atoms with Gasteiger partial charge in [-0.3, -0.25) is 9.59 Å². The summed E-state index contributed by atoms with van der Waals surface area (Å²) in [5.41, 5.74) is -0.0768. The van der Waals surface area contributed by atoms with Crippen LogP contribution in [0, 0.1) is 5.92 Å². The minimum atomic E-state index is -0.854. The molecule has 34 heavy (non-hydrogen) atoms. The van der Waals surface area contributed by atoms with Gasteiger partial charge in [0.1, 0.15) is 23.4 Å². The average Bonchev–Trinajstić information content (AvgIpc) is 3.55. The molecule has 2 atom stereocenters. The number of hydrogen-bond acceptors (Lipinski definition) is 5. The Morgan fingerprint density at radius 1 is 1.15 bits per heavy atom. The summed E-state index contributed by atoms with van der Waals surface area (Å²) in [6.07, 6.45) is 3.12. The lowest BCUT2D eigenvalue weighted by molar-refractivity contribution is -0.143. The third-order valence-electron chi connectivity index (χ3n) is 5.46. The van der Waals surface area contributed by atoms with Crippen LogP contribution in [0.5, 0.6) is 5.75 Å². The first kappa shape index (κ1) is 27.5. The van der Waals surface area contributed by atoms with Gasteiger partial charge in [0.05, 0.1) is 0 Å². The zero-order valence-corrected chi connectivity index (χ0v) is 21.4. The first-order chi connectivity index (χ1) is 15.9. The molecule has 2 rings (SSSR count). The van der Waals surface area contributed by atoms with E-state index in [-0.39, 0.29) is 29.5 Å². The number of aromatic hydroxyl groups is 1. The molecule has 0 saturated heterocycles. The Balaban J connectivity index is 2.38. The maximum absolute atomic E-state index is 13.9. The normalized spacial score (nSPS) is 15.4. The molecule has 1 aliphatic rings. The van der Waals surface area contributed by atoms with Gasteiger partial charge in [-0.2, -0.15) is 0 Å². The molecule has 0 aliphatic heterocycles. The summed E-state index contributed by atoms with van der Waals surface area (Å²) < 4.78 is 5.40. The first-order valence-corrected chi connectivity index (χ1v) is 12.3. The van der Waals surface area contributed by atoms with Crippen LogP contribution < -0.4 is 10.6 Å². The van der Waals surface area contributed by atoms with Gasteiger partial charge in [-0.1, -0.05) is 39.3 Å². The number of nitrogens with zero attached hydrogens (tertiary/aromatic N) is 1. The average molecular weight is 476 g/mol. The fourth-order valence-electron chi connectivity index (χ4n) is 3.77. The van der Waals surface area contributed by atoms with Crippen LogP contribution in [0.1, 0.15) is 85.3 Å². The third kappa shape index (κ3) is 8.54. The predicted octanol–water partition coefficient (Wildman–Crippen LogP) is 4.28. The number of ether oxygens (including phenoxy) is 1. The summed E-state index contributed by atoms with van der Waals surface area (Å²) >= 11 is 0. The van der Waals surface area contributed by atoms with Crippen LogP contribution in [0.3, 0.4) is 0 Å². The number of carbonyl (C=O) groups is 3. The number of phenolic OH excluding ortho intramolecular Hbond substituents is 1. The van der Waals surface area contributed by atoms with Crippen LogP contribution in [-0.2, 0) is 14.3 Å². The van der Waals surface area contributed by atoms with Crippen molar-refractivity contribution in [2.24, 2.45) is 5.92 Å². The Kier molecular flexibility index (Phi) is 9.77. The van der Waals surface area contributed by atoms with Crippen LogP contribution >= 0.6 is 0 Å². The molecule has 2 unspecified atom stereocenters. The number of benzene rings is 1. The molecule has 0 radical (unpaired) electrons. The van der Waals surface area contributed by atoms with Gasteiger partial charge in [0.15, 0.2) is 0 Å². The van der Waals surface area contributed by atoms with E-state index in [1.54, 1.807) is 37.8 Å². The van der Waals surface area contributed by atoms with Crippen molar-refractivity contribution in [2.75, 3.05) is 6.54 Å². The van der Waals surface area contributed by atoms with Gasteiger partial charge in [-0.15, -0.1) is 0 Å². The molecule has 8 nitrogen and oxygen atoms in total. The van der Waals surface area contributed by atoms with Crippen molar-refractivity contribution in [3.8, 4) is 5.75 Å². The zero-order chi connectivity index (χ0) is 25.5. The number of alkyl carbamates (subject to hydrolysis) is 1. The van der Waals surface area contributed by atoms with E-state index in [1.807, 2.05) is 20.8 Å². The van der Waals surface area contributed by atoms with Gasteiger partial charge < -0.3 is 25.4 Å². The second kappa shape index (κ2) is 12.1. The number of nitrogens with one attached hydrogen (secondary N) is 2. The Bertz CT molecular complexity index is 828. The standard InChI is InChI=1S/C26H41N3O5/c1-7-8-15-27-23(31)22(18-9-13-20(30)14-10-18)29(19-11-12-19)24(32)21(16-17(2)3)28-25(33)34-26(4,5)6/h9-10,13-14,17,19,21-22,30H,7-8,11-12,15-16H2,1-6H3,(H,27,31)(H,28,33). The van der Waals surface area contributed by atoms with Gasteiger partial charge >= 0.3 is 6.09 Å². The number of rotatable bonds is 11. The molecular formula is C26H41N3O5. The Labute approximate surface area is 203 Å². The van der Waals surface area contributed by atoms with Crippen molar-refractivity contribution in [1.82, 2.24) is 15.5 Å². The lowest BCUT2D eigenvalue weighted by Crippen LogP contribution is -2.54. The second-order valence-electron chi connectivity index (χ2n) is 10.4. The summed E-state index contributed by atoms with van der Waals surface area (Å²) in [6.45, 7) is 11.8. The number of amides is 3. The number of phenols is 1. The van der Waals surface area contributed by atoms with Crippen molar-refractivity contribution < 1.29 is 24.2 Å². The molecule has 0 aromatic heterocycles. The molecule has 1 fully saturated rings. The van der Waals surface area contributed by atoms with Crippen molar-refractivity contribution in [2.45, 2.75) is 97.4 Å². The minimum absolute atomic E-state index is 0.0849. The Morgan fingerprint density at radius 3 is 2.26 bits per heavy atom. The lowest BCUT2D eigenvalue weighted by Gasteiger charge is -2.35. The van der Waals surface area contributed by atoms with Crippen molar-refractivity contribution in [1.29, 1.82) is 0 Å². The monoisotopic (exact) mass is 475 g/mol. The number of hydrogen-bond donors (Lipinski definition) is 3. The molecule has 0 bridgehead atoms. The van der Waals surface area contributed by atoms with E-state index in [2.05, 4.69) is 10.6 Å². The number of carbonyl (C=O) groups excluding carboxylic acids is 3. The second-order valence-corrected chi connectivity index (χ2v) is 10.4. The molecule has 0 spiro atoms. The van der Waals surface area contributed by atoms with E-state index in [4.69, 9.17) is 4.74 Å². The van der Waals surface area contributed by atoms with Crippen molar-refractivity contribution in [3.63, 3.8) is 0 Å². The molecule has 3 N–H and O–H groups in total. The SMILES string of the molecule is CCCCNC(=O)C(c1ccc(O)cc1)N(C(=O)C(CC(C)C)NC(=O)OC(C)(C)C)C1CC1. The van der Waals surface area contributed by atoms with Gasteiger partial charge in [0, 0.05) is 12.6 Å². The van der Waals surface area contributed by atoms with Gasteiger partial charge in [-0.05, 0) is 70.1 Å². The molecule has 1 aliphatic carbocycles. The third-order valence-corrected chi connectivity index (χ3v) is 5.46. The first-order valence-electron chi connectivity index (χ1n) is 12.3. The fraction of sp³-hybridized carbons (Fsp3) is 0.654. The highest BCUT2D eigenvalue weighted by Gasteiger charge is 2.44. The summed E-state index contributed by atoms with van der Waals surface area (Å²) in [6, 6.07) is 4.61. The zero-order valence-electron chi connectivity index (χ0n) is 21.4. The number of unbranched alkanes of at least 4 members (excludes halogenated alkanes) is 1. The molecule has 0 heterocycles. The van der Waals surface area contributed by atoms with E-state index in [0.29, 0.717) is 18.5 Å². The Hall–Kier alpha value is -2.77. The highest BCUT2D eigenvalue weighted by Crippen LogP contribution is 2.36. The smallest absolute Gasteiger partial charge is 0.408 e. The molecule has 190 valence electrons. The van der Waals surface area contributed by atoms with E-state index in [9.17, 15) is 19.5 Å². The van der Waals surface area contributed by atoms with E-state index < -0.39 is 23.8 Å². The summed E-state index contributed by atoms with van der Waals surface area (Å²) in [4.78, 5) is 41.4. The topological polar surface area (TPSA) is 108 Å². The quantitative estimate of drug-likeness (QED) is 0.414. The molecule has 1 aromatic carbocycles. The van der Waals surface area contributed by atoms with E-state index >= 15 is 0 Å².